The van der Waals surface area contributed by atoms with Crippen LogP contribution in [0.5, 0.6) is 0 Å². The highest BCUT2D eigenvalue weighted by Crippen LogP contribution is 2.19. The number of amides is 1. The maximum absolute atomic E-state index is 12.3. The van der Waals surface area contributed by atoms with Crippen molar-refractivity contribution in [2.45, 2.75) is 46.6 Å². The van der Waals surface area contributed by atoms with Crippen molar-refractivity contribution in [1.82, 2.24) is 5.32 Å². The van der Waals surface area contributed by atoms with Gasteiger partial charge in [0.05, 0.1) is 0 Å². The first kappa shape index (κ1) is 17.3. The molecule has 0 aliphatic carbocycles. The van der Waals surface area contributed by atoms with Crippen LogP contribution in [0, 0.1) is 5.92 Å². The lowest BCUT2D eigenvalue weighted by molar-refractivity contribution is -0.122. The van der Waals surface area contributed by atoms with Crippen LogP contribution in [0.3, 0.4) is 0 Å². The highest BCUT2D eigenvalue weighted by Gasteiger charge is 2.20. The average Bonchev–Trinajstić information content (AvgIpc) is 2.44. The number of benzene rings is 1. The van der Waals surface area contributed by atoms with Gasteiger partial charge in [-0.15, -0.1) is 0 Å². The first-order valence-corrected chi connectivity index (χ1v) is 7.85. The van der Waals surface area contributed by atoms with Crippen molar-refractivity contribution in [2.75, 3.05) is 23.7 Å². The molecule has 1 atom stereocenters. The van der Waals surface area contributed by atoms with E-state index in [0.717, 1.165) is 37.3 Å². The van der Waals surface area contributed by atoms with E-state index in [9.17, 15) is 4.79 Å². The molecule has 4 nitrogen and oxygen atoms in total. The van der Waals surface area contributed by atoms with Crippen molar-refractivity contribution in [2.24, 2.45) is 5.92 Å². The van der Waals surface area contributed by atoms with Gasteiger partial charge in [0.2, 0.25) is 5.91 Å². The van der Waals surface area contributed by atoms with Gasteiger partial charge in [-0.25, -0.2) is 0 Å². The number of nitrogens with two attached hydrogens (primary N) is 1. The molecule has 0 saturated carbocycles. The van der Waals surface area contributed by atoms with Crippen molar-refractivity contribution in [1.29, 1.82) is 0 Å². The van der Waals surface area contributed by atoms with E-state index in [0.29, 0.717) is 5.92 Å². The van der Waals surface area contributed by atoms with E-state index >= 15 is 0 Å². The van der Waals surface area contributed by atoms with Crippen molar-refractivity contribution >= 4 is 17.3 Å². The fourth-order valence-electron chi connectivity index (χ4n) is 2.23. The van der Waals surface area contributed by atoms with E-state index < -0.39 is 0 Å². The Morgan fingerprint density at radius 3 is 2.38 bits per heavy atom. The molecule has 21 heavy (non-hydrogen) atoms. The molecule has 0 aliphatic rings. The molecule has 1 amide bonds. The van der Waals surface area contributed by atoms with Crippen LogP contribution in [-0.4, -0.2) is 25.0 Å². The number of carbonyl (C=O) groups excluding carboxylic acids is 1. The Balaban J connectivity index is 2.70. The monoisotopic (exact) mass is 291 g/mol. The van der Waals surface area contributed by atoms with Gasteiger partial charge in [-0.05, 0) is 49.9 Å². The summed E-state index contributed by atoms with van der Waals surface area (Å²) in [5, 5.41) is 3.03. The SMILES string of the molecule is CCCN(c1ccc(N)cc1)C(C)C(=O)NCCC(C)C. The first-order chi connectivity index (χ1) is 9.95. The maximum atomic E-state index is 12.3. The van der Waals surface area contributed by atoms with Gasteiger partial charge in [0.15, 0.2) is 0 Å². The summed E-state index contributed by atoms with van der Waals surface area (Å²) in [5.41, 5.74) is 7.51. The third kappa shape index (κ3) is 5.66. The van der Waals surface area contributed by atoms with E-state index in [-0.39, 0.29) is 11.9 Å². The molecule has 4 heteroatoms. The molecule has 0 bridgehead atoms. The van der Waals surface area contributed by atoms with Gasteiger partial charge >= 0.3 is 0 Å². The van der Waals surface area contributed by atoms with Gasteiger partial charge in [-0.3, -0.25) is 4.79 Å². The standard InChI is InChI=1S/C17H29N3O/c1-5-12-20(16-8-6-15(18)7-9-16)14(4)17(21)19-11-10-13(2)3/h6-9,13-14H,5,10-12,18H2,1-4H3,(H,19,21). The summed E-state index contributed by atoms with van der Waals surface area (Å²) in [5.74, 6) is 0.686. The lowest BCUT2D eigenvalue weighted by atomic mass is 10.1. The number of carbonyl (C=O) groups is 1. The lowest BCUT2D eigenvalue weighted by Gasteiger charge is -2.30. The Labute approximate surface area is 128 Å². The zero-order chi connectivity index (χ0) is 15.8. The smallest absolute Gasteiger partial charge is 0.242 e. The van der Waals surface area contributed by atoms with Gasteiger partial charge in [0.25, 0.3) is 0 Å². The van der Waals surface area contributed by atoms with Crippen LogP contribution in [0.25, 0.3) is 0 Å². The minimum absolute atomic E-state index is 0.0842. The molecule has 1 aromatic carbocycles. The van der Waals surface area contributed by atoms with Crippen LogP contribution in [0.4, 0.5) is 11.4 Å². The van der Waals surface area contributed by atoms with Crippen LogP contribution >= 0.6 is 0 Å². The van der Waals surface area contributed by atoms with Crippen molar-refractivity contribution in [3.8, 4) is 0 Å². The van der Waals surface area contributed by atoms with Crippen LogP contribution in [0.2, 0.25) is 0 Å². The molecular weight excluding hydrogens is 262 g/mol. The topological polar surface area (TPSA) is 58.4 Å². The van der Waals surface area contributed by atoms with E-state index in [2.05, 4.69) is 31.0 Å². The zero-order valence-electron chi connectivity index (χ0n) is 13.7. The minimum Gasteiger partial charge on any atom is -0.399 e. The Morgan fingerprint density at radius 1 is 1.24 bits per heavy atom. The van der Waals surface area contributed by atoms with Crippen LogP contribution < -0.4 is 16.0 Å². The molecule has 3 N–H and O–H groups in total. The molecule has 118 valence electrons. The van der Waals surface area contributed by atoms with Crippen molar-refractivity contribution < 1.29 is 4.79 Å². The molecule has 1 aromatic rings. The average molecular weight is 291 g/mol. The predicted octanol–water partition coefficient (Wildman–Crippen LogP) is 3.04. The molecule has 0 fully saturated rings. The van der Waals surface area contributed by atoms with Gasteiger partial charge in [-0.2, -0.15) is 0 Å². The number of nitrogens with zero attached hydrogens (tertiary/aromatic N) is 1. The van der Waals surface area contributed by atoms with Crippen LogP contribution in [0.15, 0.2) is 24.3 Å². The number of nitrogen functional groups attached to an aromatic ring is 1. The van der Waals surface area contributed by atoms with Crippen molar-refractivity contribution in [3.05, 3.63) is 24.3 Å². The highest BCUT2D eigenvalue weighted by atomic mass is 16.2. The Bertz CT molecular complexity index is 428. The fraction of sp³-hybridized carbons (Fsp3) is 0.588. The molecule has 0 radical (unpaired) electrons. The normalized spacial score (nSPS) is 12.2. The lowest BCUT2D eigenvalue weighted by Crippen LogP contribution is -2.46. The summed E-state index contributed by atoms with van der Waals surface area (Å²) in [7, 11) is 0. The predicted molar refractivity (Wildman–Crippen MR) is 90.4 cm³/mol. The second-order valence-corrected chi connectivity index (χ2v) is 5.93. The van der Waals surface area contributed by atoms with Crippen molar-refractivity contribution in [3.63, 3.8) is 0 Å². The molecule has 0 aliphatic heterocycles. The highest BCUT2D eigenvalue weighted by molar-refractivity contribution is 5.84. The van der Waals surface area contributed by atoms with E-state index in [1.165, 1.54) is 0 Å². The summed E-state index contributed by atoms with van der Waals surface area (Å²) in [4.78, 5) is 14.4. The summed E-state index contributed by atoms with van der Waals surface area (Å²) in [6.07, 6.45) is 2.00. The number of anilines is 2. The second kappa shape index (κ2) is 8.55. The Morgan fingerprint density at radius 2 is 1.86 bits per heavy atom. The number of hydrogen-bond acceptors (Lipinski definition) is 3. The Hall–Kier alpha value is -1.71. The molecule has 0 saturated heterocycles. The maximum Gasteiger partial charge on any atom is 0.242 e. The summed E-state index contributed by atoms with van der Waals surface area (Å²) >= 11 is 0. The van der Waals surface area contributed by atoms with E-state index in [1.807, 2.05) is 31.2 Å². The van der Waals surface area contributed by atoms with E-state index in [1.54, 1.807) is 0 Å². The van der Waals surface area contributed by atoms with Gasteiger partial charge in [0, 0.05) is 24.5 Å². The molecule has 0 spiro atoms. The third-order valence-corrected chi connectivity index (χ3v) is 3.56. The number of nitrogens with one attached hydrogen (secondary N) is 1. The third-order valence-electron chi connectivity index (χ3n) is 3.56. The summed E-state index contributed by atoms with van der Waals surface area (Å²) < 4.78 is 0. The van der Waals surface area contributed by atoms with Crippen LogP contribution in [-0.2, 0) is 4.79 Å². The zero-order valence-corrected chi connectivity index (χ0v) is 13.7. The molecule has 0 aromatic heterocycles. The molecule has 0 heterocycles. The fourth-order valence-corrected chi connectivity index (χ4v) is 2.23. The quantitative estimate of drug-likeness (QED) is 0.724. The van der Waals surface area contributed by atoms with Gasteiger partial charge in [0.1, 0.15) is 6.04 Å². The molecular formula is C17H29N3O. The summed E-state index contributed by atoms with van der Waals surface area (Å²) in [6.45, 7) is 9.98. The number of hydrogen-bond donors (Lipinski definition) is 2. The van der Waals surface area contributed by atoms with E-state index in [4.69, 9.17) is 5.73 Å². The second-order valence-electron chi connectivity index (χ2n) is 5.93. The molecule has 1 rings (SSSR count). The first-order valence-electron chi connectivity index (χ1n) is 7.85. The molecule has 1 unspecified atom stereocenters. The van der Waals surface area contributed by atoms with Gasteiger partial charge in [-0.1, -0.05) is 20.8 Å². The summed E-state index contributed by atoms with van der Waals surface area (Å²) in [6, 6.07) is 7.52. The van der Waals surface area contributed by atoms with Crippen LogP contribution in [0.1, 0.15) is 40.5 Å². The van der Waals surface area contributed by atoms with Gasteiger partial charge < -0.3 is 16.0 Å². The number of rotatable bonds is 8. The minimum atomic E-state index is -0.180. The Kier molecular flexibility index (Phi) is 7.06. The largest absolute Gasteiger partial charge is 0.399 e.